The van der Waals surface area contributed by atoms with Crippen LogP contribution in [0.15, 0.2) is 41.5 Å². The molecule has 342 valence electrons. The van der Waals surface area contributed by atoms with E-state index < -0.39 is 35.4 Å². The number of aryl methyl sites for hydroxylation is 1. The van der Waals surface area contributed by atoms with Gasteiger partial charge in [-0.2, -0.15) is 0 Å². The van der Waals surface area contributed by atoms with Crippen LogP contribution in [0.5, 0.6) is 0 Å². The first-order valence-electron chi connectivity index (χ1n) is 22.6. The summed E-state index contributed by atoms with van der Waals surface area (Å²) in [6, 6.07) is 7.84. The van der Waals surface area contributed by atoms with Crippen molar-refractivity contribution in [2.24, 2.45) is 22.2 Å². The van der Waals surface area contributed by atoms with Gasteiger partial charge in [0.05, 0.1) is 47.7 Å². The number of cyclic esters (lactones) is 1. The fourth-order valence-corrected chi connectivity index (χ4v) is 10.9. The number of carbonyl (C=O) groups is 4. The van der Waals surface area contributed by atoms with E-state index in [0.717, 1.165) is 44.0 Å². The van der Waals surface area contributed by atoms with E-state index in [2.05, 4.69) is 65.2 Å². The normalized spacial score (nSPS) is 24.2. The molecule has 0 radical (unpaired) electrons. The minimum Gasteiger partial charge on any atom is -0.464 e. The lowest BCUT2D eigenvalue weighted by atomic mass is 9.84. The summed E-state index contributed by atoms with van der Waals surface area (Å²) in [5.41, 5.74) is 8.85. The Morgan fingerprint density at radius 1 is 1.16 bits per heavy atom. The number of benzene rings is 1. The van der Waals surface area contributed by atoms with E-state index in [1.165, 1.54) is 9.91 Å². The standard InChI is InChI=1S/C47H66N8O7S/c1-9-54-38-15-14-30-22-33(38)34(42(54)32-12-10-17-48-40(32)29(4)61-8)24-47(5,6)27-62-46(60)35-13-11-18-55(51-35)45(59)36(23-39-49-37(30)26-63-39)50-43(57)41(28(2)3)52(7)44(58)31-16-19-53(25-31)20-21-56/h10,12,14-15,17,22,28-29,31,35-37,41,51,56H,9,11,13,16,18-21,23-27H2,1-8H3,(H,50,57)/t29-,31-,35-,36-,37?,41-/m0/s1. The second kappa shape index (κ2) is 19.8. The summed E-state index contributed by atoms with van der Waals surface area (Å²) in [4.78, 5) is 70.3. The number of hydrazine groups is 1. The van der Waals surface area contributed by atoms with Gasteiger partial charge in [-0.3, -0.25) is 34.2 Å². The molecule has 2 aromatic heterocycles. The number of hydrogen-bond acceptors (Lipinski definition) is 12. The quantitative estimate of drug-likeness (QED) is 0.224. The van der Waals surface area contributed by atoms with Gasteiger partial charge in [-0.25, -0.2) is 5.43 Å². The lowest BCUT2D eigenvalue weighted by Crippen LogP contribution is -2.62. The predicted octanol–water partition coefficient (Wildman–Crippen LogP) is 4.91. The zero-order valence-corrected chi connectivity index (χ0v) is 39.0. The summed E-state index contributed by atoms with van der Waals surface area (Å²) in [5.74, 6) is -1.24. The number of ether oxygens (including phenoxy) is 2. The highest BCUT2D eigenvalue weighted by molar-refractivity contribution is 8.14. The van der Waals surface area contributed by atoms with Crippen LogP contribution in [0.1, 0.15) is 96.2 Å². The topological polar surface area (TPSA) is 171 Å². The van der Waals surface area contributed by atoms with Crippen molar-refractivity contribution in [1.82, 2.24) is 35.1 Å². The lowest BCUT2D eigenvalue weighted by Gasteiger charge is -2.37. The molecule has 2 fully saturated rings. The minimum atomic E-state index is -1.02. The van der Waals surface area contributed by atoms with Gasteiger partial charge in [0.1, 0.15) is 18.1 Å². The van der Waals surface area contributed by atoms with Gasteiger partial charge >= 0.3 is 5.97 Å². The van der Waals surface area contributed by atoms with Crippen molar-refractivity contribution >= 4 is 51.4 Å². The number of hydrogen-bond donors (Lipinski definition) is 3. The Labute approximate surface area is 375 Å². The Balaban J connectivity index is 1.26. The van der Waals surface area contributed by atoms with Crippen molar-refractivity contribution in [1.29, 1.82) is 0 Å². The third kappa shape index (κ3) is 10.00. The van der Waals surface area contributed by atoms with Crippen LogP contribution in [-0.2, 0) is 41.6 Å². The number of likely N-dealkylation sites (tertiary alicyclic amines) is 1. The number of thioether (sulfide) groups is 1. The number of rotatable bonds is 11. The maximum Gasteiger partial charge on any atom is 0.324 e. The molecular formula is C47H66N8O7S. The molecule has 15 nitrogen and oxygen atoms in total. The van der Waals surface area contributed by atoms with E-state index in [1.54, 1.807) is 32.1 Å². The molecule has 0 spiro atoms. The molecule has 0 aliphatic carbocycles. The van der Waals surface area contributed by atoms with E-state index in [4.69, 9.17) is 19.5 Å². The van der Waals surface area contributed by atoms with E-state index in [9.17, 15) is 24.3 Å². The summed E-state index contributed by atoms with van der Waals surface area (Å²) in [5, 5.41) is 15.8. The van der Waals surface area contributed by atoms with Crippen LogP contribution >= 0.6 is 11.8 Å². The number of methoxy groups -OCH3 is 1. The van der Waals surface area contributed by atoms with Crippen molar-refractivity contribution < 1.29 is 33.8 Å². The van der Waals surface area contributed by atoms with E-state index >= 15 is 0 Å². The van der Waals surface area contributed by atoms with Gasteiger partial charge in [-0.05, 0) is 87.4 Å². The second-order valence-electron chi connectivity index (χ2n) is 18.7. The number of nitrogens with zero attached hydrogens (tertiary/aromatic N) is 6. The van der Waals surface area contributed by atoms with Gasteiger partial charge in [-0.1, -0.05) is 33.8 Å². The monoisotopic (exact) mass is 886 g/mol. The Morgan fingerprint density at radius 2 is 1.95 bits per heavy atom. The number of aliphatic hydroxyl groups excluding tert-OH is 1. The molecule has 3 aromatic rings. The molecular weight excluding hydrogens is 821 g/mol. The molecule has 3 N–H and O–H groups in total. The number of carbonyl (C=O) groups excluding carboxylic acids is 4. The van der Waals surface area contributed by atoms with Crippen LogP contribution in [0.25, 0.3) is 22.2 Å². The SMILES string of the molecule is CCn1c(-c2cccnc2[C@H](C)OC)c2c3cc(ccc31)C1CSC(=N1)C[C@H](NC(=O)[C@H](C(C)C)N(C)C(=O)[C@H]1CCN(CCO)C1)C(=O)N1CCC[C@H](N1)C(=O)OCC(C)(C)C2. The van der Waals surface area contributed by atoms with Gasteiger partial charge in [0.25, 0.3) is 5.91 Å². The van der Waals surface area contributed by atoms with Crippen molar-refractivity contribution in [3.05, 3.63) is 53.3 Å². The Morgan fingerprint density at radius 3 is 2.68 bits per heavy atom. The van der Waals surface area contributed by atoms with Gasteiger partial charge in [0.15, 0.2) is 0 Å². The number of amides is 3. The van der Waals surface area contributed by atoms with Crippen molar-refractivity contribution in [2.45, 2.75) is 110 Å². The summed E-state index contributed by atoms with van der Waals surface area (Å²) in [7, 11) is 3.35. The summed E-state index contributed by atoms with van der Waals surface area (Å²) >= 11 is 1.58. The molecule has 1 aromatic carbocycles. The van der Waals surface area contributed by atoms with Crippen LogP contribution in [0.3, 0.4) is 0 Å². The first-order chi connectivity index (χ1) is 30.1. The molecule has 4 aliphatic heterocycles. The number of pyridine rings is 1. The molecule has 3 amide bonds. The van der Waals surface area contributed by atoms with E-state index in [-0.39, 0.29) is 55.4 Å². The maximum atomic E-state index is 14.6. The average Bonchev–Trinajstić information content (AvgIpc) is 4.02. The third-order valence-electron chi connectivity index (χ3n) is 13.1. The first kappa shape index (κ1) is 46.6. The van der Waals surface area contributed by atoms with Crippen LogP contribution < -0.4 is 10.7 Å². The first-order valence-corrected chi connectivity index (χ1v) is 23.6. The minimum absolute atomic E-state index is 0.0201. The summed E-state index contributed by atoms with van der Waals surface area (Å²) in [6.45, 7) is 15.1. The highest BCUT2D eigenvalue weighted by Crippen LogP contribution is 2.42. The number of aliphatic hydroxyl groups is 1. The Kier molecular flexibility index (Phi) is 14.7. The average molecular weight is 887 g/mol. The van der Waals surface area contributed by atoms with E-state index in [1.807, 2.05) is 26.8 Å². The Bertz CT molecular complexity index is 2210. The van der Waals surface area contributed by atoms with Crippen LogP contribution in [0, 0.1) is 17.3 Å². The Hall–Kier alpha value is -4.35. The molecule has 6 atom stereocenters. The number of β-amino-alcohol motifs (C(OH)–C–C–N with tert-alkyl or cyclic N) is 1. The van der Waals surface area contributed by atoms with Crippen LogP contribution in [0.4, 0.5) is 0 Å². The van der Waals surface area contributed by atoms with Gasteiger partial charge in [-0.15, -0.1) is 11.8 Å². The molecule has 16 heteroatoms. The van der Waals surface area contributed by atoms with Crippen molar-refractivity contribution in [2.75, 3.05) is 59.3 Å². The summed E-state index contributed by atoms with van der Waals surface area (Å²) < 4.78 is 14.3. The number of aliphatic imine (C=N–C) groups is 1. The summed E-state index contributed by atoms with van der Waals surface area (Å²) in [6.07, 6.45) is 4.02. The number of fused-ring (bicyclic) bond motifs is 5. The van der Waals surface area contributed by atoms with Crippen molar-refractivity contribution in [3.63, 3.8) is 0 Å². The molecule has 0 saturated carbocycles. The third-order valence-corrected chi connectivity index (χ3v) is 14.2. The number of esters is 1. The van der Waals surface area contributed by atoms with Gasteiger partial charge in [0, 0.05) is 80.6 Å². The maximum absolute atomic E-state index is 14.6. The molecule has 4 aliphatic rings. The number of likely N-dealkylation sites (N-methyl/N-ethyl adjacent to an activating group) is 1. The largest absolute Gasteiger partial charge is 0.464 e. The van der Waals surface area contributed by atoms with E-state index in [0.29, 0.717) is 64.2 Å². The lowest BCUT2D eigenvalue weighted by molar-refractivity contribution is -0.155. The van der Waals surface area contributed by atoms with Crippen LogP contribution in [0.2, 0.25) is 0 Å². The molecule has 6 heterocycles. The zero-order valence-electron chi connectivity index (χ0n) is 38.2. The van der Waals surface area contributed by atoms with Crippen molar-refractivity contribution in [3.8, 4) is 11.3 Å². The van der Waals surface area contributed by atoms with Gasteiger partial charge < -0.3 is 34.3 Å². The fraction of sp³-hybridized carbons (Fsp3) is 0.617. The number of nitrogens with one attached hydrogen (secondary N) is 2. The molecule has 63 heavy (non-hydrogen) atoms. The fourth-order valence-electron chi connectivity index (χ4n) is 9.78. The molecule has 1 unspecified atom stereocenters. The predicted molar refractivity (Wildman–Crippen MR) is 245 cm³/mol. The highest BCUT2D eigenvalue weighted by atomic mass is 32.2. The van der Waals surface area contributed by atoms with Crippen LogP contribution in [-0.4, -0.2) is 136 Å². The zero-order chi connectivity index (χ0) is 45.2. The highest BCUT2D eigenvalue weighted by Gasteiger charge is 2.40. The second-order valence-corrected chi connectivity index (χ2v) is 19.8. The number of aromatic nitrogens is 2. The molecule has 6 bridgehead atoms. The molecule has 7 rings (SSSR count). The molecule has 2 saturated heterocycles. The van der Waals surface area contributed by atoms with Gasteiger partial charge in [0.2, 0.25) is 11.8 Å². The smallest absolute Gasteiger partial charge is 0.324 e.